The zero-order valence-electron chi connectivity index (χ0n) is 42.1. The monoisotopic (exact) mass is 1010 g/mol. The Hall–Kier alpha value is -0.160. The third-order valence-electron chi connectivity index (χ3n) is 12.1. The zero-order valence-corrected chi connectivity index (χ0v) is 45.4. The molecule has 0 radical (unpaired) electrons. The summed E-state index contributed by atoms with van der Waals surface area (Å²) in [5.41, 5.74) is 0. The van der Waals surface area contributed by atoms with Gasteiger partial charge in [-0.05, 0) is 19.3 Å². The van der Waals surface area contributed by atoms with Crippen LogP contribution in [0.15, 0.2) is 0 Å². The molecule has 3 N–H and O–H groups in total. The maximum Gasteiger partial charge on any atom is 0.527 e. The number of phosphoric acid groups is 1. The molecular weight excluding hydrogens is 906 g/mol. The lowest BCUT2D eigenvalue weighted by Crippen LogP contribution is -2.33. The first-order valence-electron chi connectivity index (χ1n) is 26.9. The lowest BCUT2D eigenvalue weighted by atomic mass is 10.0. The summed E-state index contributed by atoms with van der Waals surface area (Å²) in [5.74, 6) is -1.04. The van der Waals surface area contributed by atoms with Crippen molar-refractivity contribution in [1.29, 1.82) is 0 Å². The van der Waals surface area contributed by atoms with Gasteiger partial charge in [-0.3, -0.25) is 0 Å². The van der Waals surface area contributed by atoms with Gasteiger partial charge in [0.1, 0.15) is 0 Å². The van der Waals surface area contributed by atoms with Crippen LogP contribution in [0.1, 0.15) is 290 Å². The molecule has 0 unspecified atom stereocenters. The summed E-state index contributed by atoms with van der Waals surface area (Å²) in [5, 5.41) is 0. The molecule has 0 aliphatic rings. The molecule has 0 rings (SSSR count). The standard InChI is InChI=1S/C48H102N3O10PS3/c1-4-7-10-13-16-19-22-25-28-31-34-37-40-43-46-63(53,54)49-59-62(52,60-50-64(55,56)47-44-41-38-35-32-29-26-23-20-17-14-11-8-5-2)61-51-65(57,58)48-45-42-39-36-33-30-27-24-21-18-15-12-9-6-3/h49-51H,4-48H2,1-3H3. The number of sulfonamides is 3. The van der Waals surface area contributed by atoms with Crippen LogP contribution in [0.4, 0.5) is 0 Å². The summed E-state index contributed by atoms with van der Waals surface area (Å²) in [6.45, 7) is 6.68. The van der Waals surface area contributed by atoms with Crippen LogP contribution < -0.4 is 14.7 Å². The van der Waals surface area contributed by atoms with Gasteiger partial charge in [0.2, 0.25) is 30.1 Å². The average molecular weight is 1010 g/mol. The van der Waals surface area contributed by atoms with Gasteiger partial charge in [-0.1, -0.05) is 286 Å². The first-order valence-corrected chi connectivity index (χ1v) is 33.4. The highest BCUT2D eigenvalue weighted by Crippen LogP contribution is 2.47. The van der Waals surface area contributed by atoms with Gasteiger partial charge in [0.15, 0.2) is 0 Å². The van der Waals surface area contributed by atoms with Crippen molar-refractivity contribution in [2.45, 2.75) is 290 Å². The summed E-state index contributed by atoms with van der Waals surface area (Å²) in [6.07, 6.45) is 46.4. The topological polar surface area (TPSA) is 183 Å². The maximum atomic E-state index is 13.5. The Morgan fingerprint density at radius 1 is 0.262 bits per heavy atom. The molecule has 392 valence electrons. The van der Waals surface area contributed by atoms with Crippen molar-refractivity contribution in [3.63, 3.8) is 0 Å². The van der Waals surface area contributed by atoms with E-state index in [4.69, 9.17) is 13.9 Å². The molecule has 0 heterocycles. The number of hydrogen-bond donors (Lipinski definition) is 3. The lowest BCUT2D eigenvalue weighted by molar-refractivity contribution is 0.0688. The summed E-state index contributed by atoms with van der Waals surface area (Å²) >= 11 is 0. The molecule has 0 saturated heterocycles. The summed E-state index contributed by atoms with van der Waals surface area (Å²) in [6, 6.07) is 0. The Bertz CT molecular complexity index is 1260. The lowest BCUT2D eigenvalue weighted by Gasteiger charge is -2.18. The molecule has 0 aromatic heterocycles. The van der Waals surface area contributed by atoms with Crippen LogP contribution in [-0.2, 0) is 48.5 Å². The summed E-state index contributed by atoms with van der Waals surface area (Å²) < 4.78 is 105. The molecule has 0 bridgehead atoms. The van der Waals surface area contributed by atoms with Gasteiger partial charge < -0.3 is 0 Å². The van der Waals surface area contributed by atoms with E-state index < -0.39 is 37.9 Å². The van der Waals surface area contributed by atoms with Crippen molar-refractivity contribution < 1.29 is 43.7 Å². The highest BCUT2D eigenvalue weighted by molar-refractivity contribution is 7.90. The molecule has 0 spiro atoms. The van der Waals surface area contributed by atoms with E-state index in [9.17, 15) is 29.8 Å². The number of unbranched alkanes of at least 4 members (excludes halogenated alkanes) is 39. The predicted molar refractivity (Wildman–Crippen MR) is 273 cm³/mol. The average Bonchev–Trinajstić information content (AvgIpc) is 3.27. The molecule has 0 fully saturated rings. The SMILES string of the molecule is CCCCCCCCCCCCCCCCS(=O)(=O)NOP(=O)(ONS(=O)(=O)CCCCCCCCCCCCCCCC)ONS(=O)(=O)CCCCCCCCCCCCCCCC. The van der Waals surface area contributed by atoms with E-state index in [1.54, 1.807) is 14.7 Å². The minimum absolute atomic E-state index is 0.320. The molecular formula is C48H102N3O10PS3. The molecule has 0 aliphatic carbocycles. The van der Waals surface area contributed by atoms with Crippen molar-refractivity contribution in [3.05, 3.63) is 0 Å². The van der Waals surface area contributed by atoms with E-state index in [0.29, 0.717) is 38.5 Å². The third-order valence-corrected chi connectivity index (χ3v) is 16.9. The maximum absolute atomic E-state index is 13.5. The Labute approximate surface area is 402 Å². The van der Waals surface area contributed by atoms with E-state index >= 15 is 0 Å². The van der Waals surface area contributed by atoms with Crippen molar-refractivity contribution in [1.82, 2.24) is 14.7 Å². The van der Waals surface area contributed by atoms with Gasteiger partial charge in [0.05, 0.1) is 17.3 Å². The molecule has 0 aromatic carbocycles. The van der Waals surface area contributed by atoms with Crippen molar-refractivity contribution in [3.8, 4) is 0 Å². The van der Waals surface area contributed by atoms with Gasteiger partial charge in [-0.2, -0.15) is 13.9 Å². The molecule has 0 aromatic rings. The fourth-order valence-electron chi connectivity index (χ4n) is 7.95. The van der Waals surface area contributed by atoms with Crippen LogP contribution in [0, 0.1) is 0 Å². The van der Waals surface area contributed by atoms with Crippen molar-refractivity contribution in [2.75, 3.05) is 17.3 Å². The number of nitrogens with one attached hydrogen (secondary N) is 3. The van der Waals surface area contributed by atoms with E-state index in [2.05, 4.69) is 20.8 Å². The quantitative estimate of drug-likeness (QED) is 0.0301. The summed E-state index contributed by atoms with van der Waals surface area (Å²) in [7, 11) is -17.7. The van der Waals surface area contributed by atoms with Gasteiger partial charge in [0.25, 0.3) is 0 Å². The Balaban J connectivity index is 4.79. The molecule has 65 heavy (non-hydrogen) atoms. The van der Waals surface area contributed by atoms with Gasteiger partial charge in [0, 0.05) is 0 Å². The second-order valence-corrected chi connectivity index (χ2v) is 25.6. The third kappa shape index (κ3) is 47.3. The number of hydrogen-bond acceptors (Lipinski definition) is 10. The smallest absolute Gasteiger partial charge is 0.223 e. The fraction of sp³-hybridized carbons (Fsp3) is 1.00. The Morgan fingerprint density at radius 3 is 0.554 bits per heavy atom. The van der Waals surface area contributed by atoms with Crippen LogP contribution in [0.5, 0.6) is 0 Å². The van der Waals surface area contributed by atoms with Crippen LogP contribution >= 0.6 is 7.82 Å². The highest BCUT2D eigenvalue weighted by Gasteiger charge is 2.35. The second-order valence-electron chi connectivity index (χ2n) is 18.7. The first-order chi connectivity index (χ1) is 31.3. The van der Waals surface area contributed by atoms with Gasteiger partial charge in [-0.25, -0.2) is 29.8 Å². The van der Waals surface area contributed by atoms with E-state index in [0.717, 1.165) is 57.8 Å². The van der Waals surface area contributed by atoms with Crippen molar-refractivity contribution >= 4 is 37.9 Å². The van der Waals surface area contributed by atoms with Crippen LogP contribution in [0.2, 0.25) is 0 Å². The van der Waals surface area contributed by atoms with Crippen molar-refractivity contribution in [2.24, 2.45) is 0 Å². The zero-order chi connectivity index (χ0) is 48.1. The molecule has 17 heteroatoms. The minimum atomic E-state index is -5.20. The van der Waals surface area contributed by atoms with Gasteiger partial charge >= 0.3 is 7.82 Å². The molecule has 0 aliphatic heterocycles. The molecule has 0 atom stereocenters. The summed E-state index contributed by atoms with van der Waals surface area (Å²) in [4.78, 5) is 5.11. The normalized spacial score (nSPS) is 12.7. The van der Waals surface area contributed by atoms with Gasteiger partial charge in [-0.15, -0.1) is 0 Å². The fourth-order valence-corrected chi connectivity index (χ4v) is 12.5. The van der Waals surface area contributed by atoms with E-state index in [-0.39, 0.29) is 17.3 Å². The predicted octanol–water partition coefficient (Wildman–Crippen LogP) is 15.1. The molecule has 13 nitrogen and oxygen atoms in total. The van der Waals surface area contributed by atoms with E-state index in [1.165, 1.54) is 173 Å². The molecule has 0 saturated carbocycles. The Kier molecular flexibility index (Phi) is 44.9. The Morgan fingerprint density at radius 2 is 0.400 bits per heavy atom. The number of rotatable bonds is 54. The van der Waals surface area contributed by atoms with E-state index in [1.807, 2.05) is 0 Å². The van der Waals surface area contributed by atoms with Crippen LogP contribution in [0.25, 0.3) is 0 Å². The van der Waals surface area contributed by atoms with Crippen LogP contribution in [-0.4, -0.2) is 42.5 Å². The minimum Gasteiger partial charge on any atom is -0.223 e. The second kappa shape index (κ2) is 45.0. The largest absolute Gasteiger partial charge is 0.527 e. The highest BCUT2D eigenvalue weighted by atomic mass is 32.2. The van der Waals surface area contributed by atoms with Crippen LogP contribution in [0.3, 0.4) is 0 Å². The molecule has 0 amide bonds. The first kappa shape index (κ1) is 64.8.